The van der Waals surface area contributed by atoms with Crippen LogP contribution in [0.25, 0.3) is 0 Å². The number of benzene rings is 1. The van der Waals surface area contributed by atoms with E-state index in [1.54, 1.807) is 24.3 Å². The van der Waals surface area contributed by atoms with E-state index in [9.17, 15) is 8.42 Å². The zero-order chi connectivity index (χ0) is 15.5. The standard InChI is InChI=1S/C15H21N3O2S/c1-12-11-13(2)18(17-12)10-4-9-16-14-5-7-15(8-6-14)21(3,19)20/h5-8,11,16H,4,9-10H2,1-3H3. The Balaban J connectivity index is 1.82. The minimum atomic E-state index is -3.12. The molecule has 6 heteroatoms. The SMILES string of the molecule is Cc1cc(C)n(CCCNc2ccc(S(C)(=O)=O)cc2)n1. The molecule has 1 heterocycles. The Bertz CT molecular complexity index is 703. The molecule has 0 saturated heterocycles. The van der Waals surface area contributed by atoms with Crippen LogP contribution in [-0.2, 0) is 16.4 Å². The average Bonchev–Trinajstić information content (AvgIpc) is 2.73. The monoisotopic (exact) mass is 307 g/mol. The van der Waals surface area contributed by atoms with Crippen molar-refractivity contribution in [3.8, 4) is 0 Å². The van der Waals surface area contributed by atoms with Crippen LogP contribution in [0.5, 0.6) is 0 Å². The van der Waals surface area contributed by atoms with Crippen LogP contribution in [0.3, 0.4) is 0 Å². The van der Waals surface area contributed by atoms with Gasteiger partial charge in [-0.05, 0) is 50.6 Å². The summed E-state index contributed by atoms with van der Waals surface area (Å²) in [6, 6.07) is 8.90. The van der Waals surface area contributed by atoms with Gasteiger partial charge in [-0.2, -0.15) is 5.10 Å². The van der Waals surface area contributed by atoms with E-state index < -0.39 is 9.84 Å². The highest BCUT2D eigenvalue weighted by atomic mass is 32.2. The van der Waals surface area contributed by atoms with Gasteiger partial charge in [0.1, 0.15) is 0 Å². The van der Waals surface area contributed by atoms with Gasteiger partial charge in [0.05, 0.1) is 10.6 Å². The van der Waals surface area contributed by atoms with Crippen molar-refractivity contribution in [2.45, 2.75) is 31.7 Å². The van der Waals surface area contributed by atoms with E-state index >= 15 is 0 Å². The van der Waals surface area contributed by atoms with Gasteiger partial charge in [0.25, 0.3) is 0 Å². The molecule has 21 heavy (non-hydrogen) atoms. The van der Waals surface area contributed by atoms with Crippen LogP contribution < -0.4 is 5.32 Å². The molecule has 0 aliphatic heterocycles. The second kappa shape index (κ2) is 6.30. The molecule has 0 bridgehead atoms. The third-order valence-corrected chi connectivity index (χ3v) is 4.39. The van der Waals surface area contributed by atoms with E-state index in [1.165, 1.54) is 11.9 Å². The van der Waals surface area contributed by atoms with E-state index in [0.29, 0.717) is 4.90 Å². The molecule has 0 spiro atoms. The number of hydrogen-bond acceptors (Lipinski definition) is 4. The lowest BCUT2D eigenvalue weighted by atomic mass is 10.3. The first-order valence-corrected chi connectivity index (χ1v) is 8.80. The van der Waals surface area contributed by atoms with Crippen LogP contribution in [-0.4, -0.2) is 31.0 Å². The molecule has 0 atom stereocenters. The first kappa shape index (κ1) is 15.6. The van der Waals surface area contributed by atoms with Crippen molar-refractivity contribution in [1.82, 2.24) is 9.78 Å². The Labute approximate surface area is 125 Å². The molecule has 1 N–H and O–H groups in total. The molecule has 114 valence electrons. The summed E-state index contributed by atoms with van der Waals surface area (Å²) in [7, 11) is -3.12. The van der Waals surface area contributed by atoms with E-state index in [-0.39, 0.29) is 0 Å². The number of aryl methyl sites for hydroxylation is 3. The number of nitrogens with one attached hydrogen (secondary N) is 1. The predicted molar refractivity (Wildman–Crippen MR) is 84.4 cm³/mol. The van der Waals surface area contributed by atoms with E-state index in [4.69, 9.17) is 0 Å². The highest BCUT2D eigenvalue weighted by Gasteiger charge is 2.05. The highest BCUT2D eigenvalue weighted by Crippen LogP contribution is 2.13. The van der Waals surface area contributed by atoms with E-state index in [0.717, 1.165) is 30.9 Å². The van der Waals surface area contributed by atoms with Crippen molar-refractivity contribution < 1.29 is 8.42 Å². The maximum Gasteiger partial charge on any atom is 0.175 e. The fraction of sp³-hybridized carbons (Fsp3) is 0.400. The smallest absolute Gasteiger partial charge is 0.175 e. The molecule has 0 saturated carbocycles. The zero-order valence-corrected chi connectivity index (χ0v) is 13.4. The lowest BCUT2D eigenvalue weighted by molar-refractivity contribution is 0.574. The molecule has 1 aromatic carbocycles. The summed E-state index contributed by atoms with van der Waals surface area (Å²) in [5.74, 6) is 0. The summed E-state index contributed by atoms with van der Waals surface area (Å²) in [5.41, 5.74) is 3.14. The second-order valence-corrected chi connectivity index (χ2v) is 7.24. The fourth-order valence-electron chi connectivity index (χ4n) is 2.18. The Kier molecular flexibility index (Phi) is 4.67. The van der Waals surface area contributed by atoms with Gasteiger partial charge in [0, 0.05) is 30.7 Å². The number of nitrogens with zero attached hydrogens (tertiary/aromatic N) is 2. The van der Waals surface area contributed by atoms with Gasteiger partial charge >= 0.3 is 0 Å². The Morgan fingerprint density at radius 3 is 2.38 bits per heavy atom. The quantitative estimate of drug-likeness (QED) is 0.832. The van der Waals surface area contributed by atoms with Crippen molar-refractivity contribution in [1.29, 1.82) is 0 Å². The number of aromatic nitrogens is 2. The van der Waals surface area contributed by atoms with Gasteiger partial charge in [-0.1, -0.05) is 0 Å². The summed E-state index contributed by atoms with van der Waals surface area (Å²) < 4.78 is 24.7. The van der Waals surface area contributed by atoms with Gasteiger partial charge in [-0.15, -0.1) is 0 Å². The van der Waals surface area contributed by atoms with Gasteiger partial charge < -0.3 is 5.32 Å². The maximum absolute atomic E-state index is 11.4. The minimum Gasteiger partial charge on any atom is -0.385 e. The molecule has 5 nitrogen and oxygen atoms in total. The maximum atomic E-state index is 11.4. The number of sulfone groups is 1. The molecule has 2 aromatic rings. The van der Waals surface area contributed by atoms with Crippen LogP contribution in [0.4, 0.5) is 5.69 Å². The van der Waals surface area contributed by atoms with Gasteiger partial charge in [-0.25, -0.2) is 8.42 Å². The number of rotatable bonds is 6. The zero-order valence-electron chi connectivity index (χ0n) is 12.6. The first-order chi connectivity index (χ1) is 9.86. The normalized spacial score (nSPS) is 11.6. The average molecular weight is 307 g/mol. The summed E-state index contributed by atoms with van der Waals surface area (Å²) in [6.07, 6.45) is 2.17. The van der Waals surface area contributed by atoms with Crippen molar-refractivity contribution in [2.24, 2.45) is 0 Å². The molecule has 0 amide bonds. The molecule has 0 fully saturated rings. The largest absolute Gasteiger partial charge is 0.385 e. The van der Waals surface area contributed by atoms with Crippen LogP contribution in [0, 0.1) is 13.8 Å². The second-order valence-electron chi connectivity index (χ2n) is 5.23. The van der Waals surface area contributed by atoms with Crippen LogP contribution in [0.2, 0.25) is 0 Å². The lowest BCUT2D eigenvalue weighted by Gasteiger charge is -2.08. The Hall–Kier alpha value is -1.82. The first-order valence-electron chi connectivity index (χ1n) is 6.91. The number of hydrogen-bond donors (Lipinski definition) is 1. The Morgan fingerprint density at radius 2 is 1.86 bits per heavy atom. The van der Waals surface area contributed by atoms with Gasteiger partial charge in [0.2, 0.25) is 0 Å². The molecule has 2 rings (SSSR count). The minimum absolute atomic E-state index is 0.343. The van der Waals surface area contributed by atoms with Gasteiger partial charge in [-0.3, -0.25) is 4.68 Å². The third kappa shape index (κ3) is 4.32. The van der Waals surface area contributed by atoms with Gasteiger partial charge in [0.15, 0.2) is 9.84 Å². The lowest BCUT2D eigenvalue weighted by Crippen LogP contribution is -2.09. The van der Waals surface area contributed by atoms with E-state index in [2.05, 4.69) is 23.4 Å². The van der Waals surface area contributed by atoms with Crippen LogP contribution in [0.1, 0.15) is 17.8 Å². The molecule has 1 aromatic heterocycles. The number of anilines is 1. The van der Waals surface area contributed by atoms with E-state index in [1.807, 2.05) is 11.6 Å². The van der Waals surface area contributed by atoms with Crippen LogP contribution in [0.15, 0.2) is 35.2 Å². The van der Waals surface area contributed by atoms with Crippen molar-refractivity contribution in [2.75, 3.05) is 18.1 Å². The highest BCUT2D eigenvalue weighted by molar-refractivity contribution is 7.90. The molecule has 0 radical (unpaired) electrons. The van der Waals surface area contributed by atoms with Crippen LogP contribution >= 0.6 is 0 Å². The molecule has 0 aliphatic rings. The van der Waals surface area contributed by atoms with Crippen molar-refractivity contribution in [3.05, 3.63) is 41.7 Å². The molecule has 0 aliphatic carbocycles. The Morgan fingerprint density at radius 1 is 1.19 bits per heavy atom. The summed E-state index contributed by atoms with van der Waals surface area (Å²) in [4.78, 5) is 0.343. The summed E-state index contributed by atoms with van der Waals surface area (Å²) >= 11 is 0. The third-order valence-electron chi connectivity index (χ3n) is 3.26. The molecular formula is C15H21N3O2S. The molecule has 0 unspecified atom stereocenters. The summed E-state index contributed by atoms with van der Waals surface area (Å²) in [5, 5.41) is 7.70. The predicted octanol–water partition coefficient (Wildman–Crippen LogP) is 2.41. The summed E-state index contributed by atoms with van der Waals surface area (Å²) in [6.45, 7) is 5.73. The van der Waals surface area contributed by atoms with Crippen molar-refractivity contribution >= 4 is 15.5 Å². The van der Waals surface area contributed by atoms with Crippen molar-refractivity contribution in [3.63, 3.8) is 0 Å². The fourth-order valence-corrected chi connectivity index (χ4v) is 2.81. The molecular weight excluding hydrogens is 286 g/mol. The topological polar surface area (TPSA) is 64.0 Å².